The third-order valence-electron chi connectivity index (χ3n) is 5.59. The lowest BCUT2D eigenvalue weighted by atomic mass is 10.1. The van der Waals surface area contributed by atoms with Crippen LogP contribution in [-0.2, 0) is 23.5 Å². The Labute approximate surface area is 167 Å². The molecule has 1 aromatic heterocycles. The van der Waals surface area contributed by atoms with E-state index in [1.54, 1.807) is 0 Å². The Morgan fingerprint density at radius 1 is 1.30 bits per heavy atom. The molecule has 0 saturated carbocycles. The summed E-state index contributed by atoms with van der Waals surface area (Å²) < 4.78 is 10.5. The number of halogens is 1. The van der Waals surface area contributed by atoms with Crippen LogP contribution >= 0.6 is 21.7 Å². The third-order valence-corrected chi connectivity index (χ3v) is 6.34. The molecule has 4 nitrogen and oxygen atoms in total. The predicted octanol–water partition coefficient (Wildman–Crippen LogP) is 4.21. The van der Waals surface area contributed by atoms with Crippen molar-refractivity contribution in [3.63, 3.8) is 0 Å². The lowest BCUT2D eigenvalue weighted by Crippen LogP contribution is -2.51. The molecule has 27 heavy (non-hydrogen) atoms. The van der Waals surface area contributed by atoms with Gasteiger partial charge in [0.25, 0.3) is 0 Å². The SMILES string of the molecule is Cc1cc(C)c(-n2c[n+]3c(n2)CO[C@H]2Cc4ccccc4C23)c(CSCl)c1. The first-order valence-corrected chi connectivity index (χ1v) is 11.0. The van der Waals surface area contributed by atoms with Crippen LogP contribution < -0.4 is 4.57 Å². The van der Waals surface area contributed by atoms with Crippen LogP contribution in [0.25, 0.3) is 5.69 Å². The van der Waals surface area contributed by atoms with Crippen LogP contribution in [-0.4, -0.2) is 15.9 Å². The molecule has 2 aliphatic rings. The van der Waals surface area contributed by atoms with Crippen molar-refractivity contribution in [1.82, 2.24) is 9.78 Å². The molecular weight excluding hydrogens is 378 g/mol. The van der Waals surface area contributed by atoms with Crippen LogP contribution in [0.5, 0.6) is 0 Å². The quantitative estimate of drug-likeness (QED) is 0.619. The maximum absolute atomic E-state index is 6.17. The fraction of sp³-hybridized carbons (Fsp3) is 0.333. The second-order valence-corrected chi connectivity index (χ2v) is 8.59. The molecule has 0 fully saturated rings. The van der Waals surface area contributed by atoms with Gasteiger partial charge in [-0.1, -0.05) is 57.6 Å². The first kappa shape index (κ1) is 17.3. The lowest BCUT2D eigenvalue weighted by molar-refractivity contribution is -0.739. The Hall–Kier alpha value is -1.82. The first-order valence-electron chi connectivity index (χ1n) is 9.19. The minimum Gasteiger partial charge on any atom is -0.363 e. The molecule has 2 heterocycles. The van der Waals surface area contributed by atoms with Crippen molar-refractivity contribution < 1.29 is 9.30 Å². The van der Waals surface area contributed by atoms with Crippen LogP contribution in [0.2, 0.25) is 0 Å². The van der Waals surface area contributed by atoms with Crippen LogP contribution in [0.4, 0.5) is 0 Å². The van der Waals surface area contributed by atoms with Gasteiger partial charge in [-0.2, -0.15) is 0 Å². The topological polar surface area (TPSA) is 30.9 Å². The molecule has 0 bridgehead atoms. The maximum atomic E-state index is 6.17. The maximum Gasteiger partial charge on any atom is 0.304 e. The van der Waals surface area contributed by atoms with E-state index in [0.717, 1.165) is 23.7 Å². The molecule has 1 aliphatic carbocycles. The zero-order valence-electron chi connectivity index (χ0n) is 15.4. The highest BCUT2D eigenvalue weighted by Gasteiger charge is 2.43. The van der Waals surface area contributed by atoms with E-state index in [-0.39, 0.29) is 12.1 Å². The van der Waals surface area contributed by atoms with E-state index >= 15 is 0 Å². The number of fused-ring (bicyclic) bond motifs is 5. The van der Waals surface area contributed by atoms with Crippen LogP contribution in [0.3, 0.4) is 0 Å². The second kappa shape index (κ2) is 6.66. The molecule has 138 valence electrons. The Morgan fingerprint density at radius 2 is 2.15 bits per heavy atom. The molecule has 0 radical (unpaired) electrons. The normalized spacial score (nSPS) is 20.3. The average Bonchev–Trinajstić information content (AvgIpc) is 3.21. The molecule has 6 heteroatoms. The van der Waals surface area contributed by atoms with Crippen molar-refractivity contribution >= 4 is 21.7 Å². The second-order valence-electron chi connectivity index (χ2n) is 7.42. The van der Waals surface area contributed by atoms with Gasteiger partial charge in [-0.05, 0) is 41.2 Å². The highest BCUT2D eigenvalue weighted by molar-refractivity contribution is 8.20. The third kappa shape index (κ3) is 2.80. The number of benzene rings is 2. The summed E-state index contributed by atoms with van der Waals surface area (Å²) in [7, 11) is 7.31. The molecule has 3 aromatic rings. The summed E-state index contributed by atoms with van der Waals surface area (Å²) in [6.07, 6.45) is 3.29. The van der Waals surface area contributed by atoms with Crippen molar-refractivity contribution in [2.75, 3.05) is 0 Å². The molecule has 5 rings (SSSR count). The molecule has 0 N–H and O–H groups in total. The number of rotatable bonds is 3. The van der Waals surface area contributed by atoms with E-state index < -0.39 is 0 Å². The molecule has 0 saturated heterocycles. The van der Waals surface area contributed by atoms with Crippen LogP contribution in [0.1, 0.15) is 39.7 Å². The summed E-state index contributed by atoms with van der Waals surface area (Å²) >= 11 is 0. The van der Waals surface area contributed by atoms with Gasteiger partial charge in [0, 0.05) is 22.8 Å². The van der Waals surface area contributed by atoms with E-state index in [1.165, 1.54) is 38.8 Å². The highest BCUT2D eigenvalue weighted by Crippen LogP contribution is 2.36. The molecule has 2 atom stereocenters. The highest BCUT2D eigenvalue weighted by atomic mass is 35.7. The van der Waals surface area contributed by atoms with E-state index in [4.69, 9.17) is 20.5 Å². The average molecular weight is 399 g/mol. The summed E-state index contributed by atoms with van der Waals surface area (Å²) in [6, 6.07) is 13.3. The van der Waals surface area contributed by atoms with E-state index in [9.17, 15) is 0 Å². The molecule has 2 aromatic carbocycles. The molecule has 0 amide bonds. The Kier molecular flexibility index (Phi) is 4.26. The number of aromatic nitrogens is 3. The summed E-state index contributed by atoms with van der Waals surface area (Å²) in [4.78, 5) is 0. The van der Waals surface area contributed by atoms with Crippen LogP contribution in [0, 0.1) is 13.8 Å². The van der Waals surface area contributed by atoms with Gasteiger partial charge in [0.05, 0.1) is 0 Å². The summed E-state index contributed by atoms with van der Waals surface area (Å²) in [5, 5.41) is 4.89. The predicted molar refractivity (Wildman–Crippen MR) is 107 cm³/mol. The summed E-state index contributed by atoms with van der Waals surface area (Å²) in [6.45, 7) is 4.81. The Bertz CT molecular complexity index is 1030. The smallest absolute Gasteiger partial charge is 0.304 e. The number of ether oxygens (including phenoxy) is 1. The largest absolute Gasteiger partial charge is 0.363 e. The fourth-order valence-electron chi connectivity index (χ4n) is 4.57. The van der Waals surface area contributed by atoms with Gasteiger partial charge < -0.3 is 4.74 Å². The number of hydrogen-bond acceptors (Lipinski definition) is 3. The minimum atomic E-state index is 0.189. The first-order chi connectivity index (χ1) is 13.2. The minimum absolute atomic E-state index is 0.189. The van der Waals surface area contributed by atoms with Crippen molar-refractivity contribution in [2.24, 2.45) is 0 Å². The van der Waals surface area contributed by atoms with Crippen molar-refractivity contribution in [3.8, 4) is 5.69 Å². The van der Waals surface area contributed by atoms with Gasteiger partial charge in [-0.15, -0.1) is 0 Å². The van der Waals surface area contributed by atoms with Gasteiger partial charge in [-0.25, -0.2) is 4.57 Å². The number of nitrogens with zero attached hydrogens (tertiary/aromatic N) is 3. The zero-order chi connectivity index (χ0) is 18.5. The van der Waals surface area contributed by atoms with Crippen molar-refractivity contribution in [3.05, 3.63) is 76.4 Å². The van der Waals surface area contributed by atoms with Crippen LogP contribution in [0.15, 0.2) is 42.7 Å². The number of hydrogen-bond donors (Lipinski definition) is 0. The summed E-state index contributed by atoms with van der Waals surface area (Å²) in [5.74, 6) is 1.72. The van der Waals surface area contributed by atoms with Crippen molar-refractivity contribution in [1.29, 1.82) is 0 Å². The molecular formula is C21H21ClN3OS+. The fourth-order valence-corrected chi connectivity index (χ4v) is 5.26. The van der Waals surface area contributed by atoms with E-state index in [0.29, 0.717) is 6.61 Å². The van der Waals surface area contributed by atoms with Gasteiger partial charge in [-0.3, -0.25) is 0 Å². The molecule has 1 aliphatic heterocycles. The van der Waals surface area contributed by atoms with Gasteiger partial charge in [0.1, 0.15) is 24.4 Å². The Balaban J connectivity index is 1.64. The summed E-state index contributed by atoms with van der Waals surface area (Å²) in [5.41, 5.74) is 7.52. The van der Waals surface area contributed by atoms with E-state index in [1.807, 2.05) is 4.68 Å². The molecule has 1 unspecified atom stereocenters. The Morgan fingerprint density at radius 3 is 3.00 bits per heavy atom. The van der Waals surface area contributed by atoms with Gasteiger partial charge in [0.2, 0.25) is 6.33 Å². The zero-order valence-corrected chi connectivity index (χ0v) is 16.9. The monoisotopic (exact) mass is 398 g/mol. The van der Waals surface area contributed by atoms with Gasteiger partial charge >= 0.3 is 5.82 Å². The van der Waals surface area contributed by atoms with E-state index in [2.05, 4.69) is 61.1 Å². The number of aryl methyl sites for hydroxylation is 2. The lowest BCUT2D eigenvalue weighted by Gasteiger charge is -2.23. The van der Waals surface area contributed by atoms with Crippen molar-refractivity contribution in [2.45, 2.75) is 44.8 Å². The van der Waals surface area contributed by atoms with Gasteiger partial charge in [0.15, 0.2) is 0 Å². The molecule has 0 spiro atoms. The standard InChI is InChI=1S/C21H21ClN3OS/c1-13-7-14(2)20(16(8-13)11-27-22)25-12-24-19(23-25)10-26-18-9-15-5-3-4-6-17(15)21(18)24/h3-8,12,18,21H,9-11H2,1-2H3/q+1/t18-,21?/m0/s1.